The van der Waals surface area contributed by atoms with Crippen LogP contribution in [0.5, 0.6) is 5.75 Å². The molecule has 0 atom stereocenters. The zero-order valence-electron chi connectivity index (χ0n) is 12.1. The van der Waals surface area contributed by atoms with E-state index in [9.17, 15) is 10.1 Å². The van der Waals surface area contributed by atoms with E-state index in [2.05, 4.69) is 10.3 Å². The van der Waals surface area contributed by atoms with Gasteiger partial charge in [0.2, 0.25) is 5.89 Å². The first kappa shape index (κ1) is 15.0. The Bertz CT molecular complexity index is 637. The van der Waals surface area contributed by atoms with Crippen LogP contribution in [0, 0.1) is 10.1 Å². The van der Waals surface area contributed by atoms with Gasteiger partial charge < -0.3 is 14.5 Å². The summed E-state index contributed by atoms with van der Waals surface area (Å²) in [7, 11) is 1.39. The minimum atomic E-state index is -0.486. The number of nitro groups is 1. The van der Waals surface area contributed by atoms with Crippen molar-refractivity contribution in [2.45, 2.75) is 26.4 Å². The zero-order chi connectivity index (χ0) is 15.4. The van der Waals surface area contributed by atoms with Crippen LogP contribution in [0.4, 0.5) is 5.69 Å². The van der Waals surface area contributed by atoms with Gasteiger partial charge in [-0.25, -0.2) is 4.98 Å². The fourth-order valence-corrected chi connectivity index (χ4v) is 1.80. The van der Waals surface area contributed by atoms with Crippen LogP contribution < -0.4 is 10.1 Å². The molecule has 0 fully saturated rings. The monoisotopic (exact) mass is 291 g/mol. The van der Waals surface area contributed by atoms with Crippen LogP contribution in [0.25, 0.3) is 11.3 Å². The number of hydrogen-bond acceptors (Lipinski definition) is 6. The van der Waals surface area contributed by atoms with Crippen LogP contribution in [0.15, 0.2) is 28.8 Å². The predicted molar refractivity (Wildman–Crippen MR) is 77.1 cm³/mol. The van der Waals surface area contributed by atoms with Crippen molar-refractivity contribution >= 4 is 5.69 Å². The van der Waals surface area contributed by atoms with Crippen LogP contribution in [-0.4, -0.2) is 23.1 Å². The molecular weight excluding hydrogens is 274 g/mol. The molecule has 1 N–H and O–H groups in total. The molecule has 21 heavy (non-hydrogen) atoms. The lowest BCUT2D eigenvalue weighted by atomic mass is 10.1. The van der Waals surface area contributed by atoms with Crippen LogP contribution in [0.2, 0.25) is 0 Å². The highest BCUT2D eigenvalue weighted by atomic mass is 16.6. The molecule has 2 aromatic rings. The summed E-state index contributed by atoms with van der Waals surface area (Å²) in [5, 5.41) is 14.2. The molecule has 2 rings (SSSR count). The predicted octanol–water partition coefficient (Wildman–Crippen LogP) is 2.76. The van der Waals surface area contributed by atoms with Crippen LogP contribution in [0.1, 0.15) is 19.7 Å². The zero-order valence-corrected chi connectivity index (χ0v) is 12.1. The van der Waals surface area contributed by atoms with Gasteiger partial charge in [-0.15, -0.1) is 0 Å². The number of nitro benzene ring substituents is 1. The van der Waals surface area contributed by atoms with Gasteiger partial charge in [-0.3, -0.25) is 10.1 Å². The molecule has 0 amide bonds. The molecule has 112 valence electrons. The number of ether oxygens (including phenoxy) is 1. The first-order valence-corrected chi connectivity index (χ1v) is 6.52. The highest BCUT2D eigenvalue weighted by Gasteiger charge is 2.17. The Balaban J connectivity index is 2.26. The average molecular weight is 291 g/mol. The van der Waals surface area contributed by atoms with Gasteiger partial charge in [0, 0.05) is 17.7 Å². The van der Waals surface area contributed by atoms with Crippen molar-refractivity contribution in [3.05, 3.63) is 40.4 Å². The van der Waals surface area contributed by atoms with E-state index in [4.69, 9.17) is 9.15 Å². The standard InChI is InChI=1S/C14H17N3O4/c1-9(2)15-8-14-16-7-13(21-14)10-4-5-12(20-3)11(6-10)17(18)19/h4-7,9,15H,8H2,1-3H3. The maximum atomic E-state index is 11.0. The second kappa shape index (κ2) is 6.36. The van der Waals surface area contributed by atoms with Crippen molar-refractivity contribution in [3.8, 4) is 17.1 Å². The smallest absolute Gasteiger partial charge is 0.311 e. The van der Waals surface area contributed by atoms with Crippen molar-refractivity contribution in [1.82, 2.24) is 10.3 Å². The number of benzene rings is 1. The number of aromatic nitrogens is 1. The van der Waals surface area contributed by atoms with E-state index in [1.165, 1.54) is 13.2 Å². The van der Waals surface area contributed by atoms with Crippen molar-refractivity contribution in [2.24, 2.45) is 0 Å². The Hall–Kier alpha value is -2.41. The first-order valence-electron chi connectivity index (χ1n) is 6.52. The number of methoxy groups -OCH3 is 1. The van der Waals surface area contributed by atoms with Gasteiger partial charge in [0.05, 0.1) is 24.8 Å². The summed E-state index contributed by atoms with van der Waals surface area (Å²) >= 11 is 0. The van der Waals surface area contributed by atoms with Gasteiger partial charge in [-0.1, -0.05) is 13.8 Å². The lowest BCUT2D eigenvalue weighted by Gasteiger charge is -2.04. The Morgan fingerprint density at radius 3 is 2.86 bits per heavy atom. The number of rotatable bonds is 6. The molecule has 0 spiro atoms. The van der Waals surface area contributed by atoms with Gasteiger partial charge in [0.1, 0.15) is 0 Å². The molecule has 0 aliphatic heterocycles. The van der Waals surface area contributed by atoms with Crippen molar-refractivity contribution in [3.63, 3.8) is 0 Å². The Morgan fingerprint density at radius 1 is 1.48 bits per heavy atom. The van der Waals surface area contributed by atoms with Crippen LogP contribution >= 0.6 is 0 Å². The molecule has 1 heterocycles. The molecule has 7 heteroatoms. The number of oxazole rings is 1. The molecule has 0 bridgehead atoms. The molecular formula is C14H17N3O4. The first-order chi connectivity index (χ1) is 10.0. The summed E-state index contributed by atoms with van der Waals surface area (Å²) < 4.78 is 10.6. The second-order valence-electron chi connectivity index (χ2n) is 4.80. The fourth-order valence-electron chi connectivity index (χ4n) is 1.80. The third kappa shape index (κ3) is 3.57. The Labute approximate surface area is 122 Å². The molecule has 1 aromatic heterocycles. The molecule has 0 saturated carbocycles. The Morgan fingerprint density at radius 2 is 2.24 bits per heavy atom. The third-order valence-corrected chi connectivity index (χ3v) is 2.88. The van der Waals surface area contributed by atoms with Gasteiger partial charge in [-0.2, -0.15) is 0 Å². The number of nitrogens with zero attached hydrogens (tertiary/aromatic N) is 2. The molecule has 0 aliphatic carbocycles. The molecule has 7 nitrogen and oxygen atoms in total. The third-order valence-electron chi connectivity index (χ3n) is 2.88. The molecule has 0 radical (unpaired) electrons. The quantitative estimate of drug-likeness (QED) is 0.650. The second-order valence-corrected chi connectivity index (χ2v) is 4.80. The van der Waals surface area contributed by atoms with Gasteiger partial charge in [0.15, 0.2) is 11.5 Å². The summed E-state index contributed by atoms with van der Waals surface area (Å²) in [6, 6.07) is 4.98. The fraction of sp³-hybridized carbons (Fsp3) is 0.357. The molecule has 0 saturated heterocycles. The summed E-state index contributed by atoms with van der Waals surface area (Å²) in [5.41, 5.74) is 0.485. The lowest BCUT2D eigenvalue weighted by molar-refractivity contribution is -0.385. The van der Waals surface area contributed by atoms with Crippen LogP contribution in [0.3, 0.4) is 0 Å². The minimum Gasteiger partial charge on any atom is -0.490 e. The van der Waals surface area contributed by atoms with Crippen LogP contribution in [-0.2, 0) is 6.54 Å². The topological polar surface area (TPSA) is 90.4 Å². The van der Waals surface area contributed by atoms with Crippen molar-refractivity contribution < 1.29 is 14.1 Å². The molecule has 0 aliphatic rings. The normalized spacial score (nSPS) is 10.9. The summed E-state index contributed by atoms with van der Waals surface area (Å²) in [4.78, 5) is 14.7. The summed E-state index contributed by atoms with van der Waals surface area (Å²) in [5.74, 6) is 1.24. The van der Waals surface area contributed by atoms with E-state index in [1.807, 2.05) is 13.8 Å². The summed E-state index contributed by atoms with van der Waals surface area (Å²) in [6.45, 7) is 4.56. The molecule has 1 aromatic carbocycles. The highest BCUT2D eigenvalue weighted by Crippen LogP contribution is 2.32. The van der Waals surface area contributed by atoms with Crippen molar-refractivity contribution in [2.75, 3.05) is 7.11 Å². The van der Waals surface area contributed by atoms with Gasteiger partial charge in [0.25, 0.3) is 0 Å². The SMILES string of the molecule is COc1ccc(-c2cnc(CNC(C)C)o2)cc1[N+](=O)[O-]. The number of hydrogen-bond donors (Lipinski definition) is 1. The van der Waals surface area contributed by atoms with E-state index in [0.29, 0.717) is 29.8 Å². The highest BCUT2D eigenvalue weighted by molar-refractivity contribution is 5.64. The van der Waals surface area contributed by atoms with Crippen molar-refractivity contribution in [1.29, 1.82) is 0 Å². The van der Waals surface area contributed by atoms with E-state index in [1.54, 1.807) is 18.3 Å². The van der Waals surface area contributed by atoms with E-state index in [-0.39, 0.29) is 11.4 Å². The minimum absolute atomic E-state index is 0.103. The maximum Gasteiger partial charge on any atom is 0.311 e. The summed E-state index contributed by atoms with van der Waals surface area (Å²) in [6.07, 6.45) is 1.56. The van der Waals surface area contributed by atoms with E-state index >= 15 is 0 Å². The maximum absolute atomic E-state index is 11.0. The number of nitrogens with one attached hydrogen (secondary N) is 1. The van der Waals surface area contributed by atoms with E-state index in [0.717, 1.165) is 0 Å². The molecule has 0 unspecified atom stereocenters. The Kier molecular flexibility index (Phi) is 4.54. The van der Waals surface area contributed by atoms with Gasteiger partial charge >= 0.3 is 5.69 Å². The van der Waals surface area contributed by atoms with E-state index < -0.39 is 4.92 Å². The lowest BCUT2D eigenvalue weighted by Crippen LogP contribution is -2.21. The van der Waals surface area contributed by atoms with Gasteiger partial charge in [-0.05, 0) is 12.1 Å². The average Bonchev–Trinajstić information content (AvgIpc) is 2.93. The largest absolute Gasteiger partial charge is 0.490 e.